The van der Waals surface area contributed by atoms with E-state index in [0.717, 1.165) is 11.3 Å². The van der Waals surface area contributed by atoms with Crippen molar-refractivity contribution in [3.63, 3.8) is 0 Å². The highest BCUT2D eigenvalue weighted by atomic mass is 16.5. The highest BCUT2D eigenvalue weighted by molar-refractivity contribution is 5.92. The Balaban J connectivity index is 1.65. The first kappa shape index (κ1) is 22.3. The van der Waals surface area contributed by atoms with Gasteiger partial charge in [-0.05, 0) is 36.8 Å². The van der Waals surface area contributed by atoms with Crippen LogP contribution in [0.5, 0.6) is 23.0 Å². The molecule has 31 heavy (non-hydrogen) atoms. The third kappa shape index (κ3) is 5.02. The number of nitrogens with zero attached hydrogens (tertiary/aromatic N) is 2. The van der Waals surface area contributed by atoms with Crippen LogP contribution in [0, 0.1) is 6.92 Å². The number of amides is 1. The van der Waals surface area contributed by atoms with Crippen LogP contribution in [0.15, 0.2) is 35.1 Å². The van der Waals surface area contributed by atoms with E-state index in [1.54, 1.807) is 56.1 Å². The number of rotatable bonds is 7. The van der Waals surface area contributed by atoms with Crippen molar-refractivity contribution >= 4 is 12.0 Å². The molecule has 1 aromatic carbocycles. The molecule has 0 N–H and O–H groups in total. The summed E-state index contributed by atoms with van der Waals surface area (Å²) in [4.78, 5) is 26.3. The lowest BCUT2D eigenvalue weighted by atomic mass is 10.1. The van der Waals surface area contributed by atoms with Gasteiger partial charge in [0.1, 0.15) is 11.9 Å². The quantitative estimate of drug-likeness (QED) is 0.630. The molecule has 0 radical (unpaired) electrons. The predicted molar refractivity (Wildman–Crippen MR) is 117 cm³/mol. The molecule has 166 valence electrons. The summed E-state index contributed by atoms with van der Waals surface area (Å²) in [5.74, 6) is 1.97. The topological polar surface area (TPSA) is 79.2 Å². The summed E-state index contributed by atoms with van der Waals surface area (Å²) in [5, 5.41) is 0. The molecular weight excluding hydrogens is 400 g/mol. The summed E-state index contributed by atoms with van der Waals surface area (Å²) >= 11 is 0. The fraction of sp³-hybridized carbons (Fsp3) is 0.391. The van der Waals surface area contributed by atoms with Gasteiger partial charge in [-0.15, -0.1) is 0 Å². The van der Waals surface area contributed by atoms with Crippen molar-refractivity contribution in [3.05, 3.63) is 52.0 Å². The lowest BCUT2D eigenvalue weighted by molar-refractivity contribution is -0.125. The normalized spacial score (nSPS) is 15.9. The van der Waals surface area contributed by atoms with Gasteiger partial charge in [-0.2, -0.15) is 0 Å². The minimum Gasteiger partial charge on any atom is -0.493 e. The first-order valence-corrected chi connectivity index (χ1v) is 9.97. The SMILES string of the molecule is COc1cc(/C=C/C(=O)N2CCC(Oc3cc(C)n(C)c(=O)c3)C2)cc(OC)c1OC. The van der Waals surface area contributed by atoms with E-state index in [1.807, 2.05) is 13.0 Å². The van der Waals surface area contributed by atoms with Crippen LogP contribution in [-0.2, 0) is 11.8 Å². The van der Waals surface area contributed by atoms with Crippen molar-refractivity contribution in [1.29, 1.82) is 0 Å². The maximum absolute atomic E-state index is 12.6. The van der Waals surface area contributed by atoms with E-state index in [4.69, 9.17) is 18.9 Å². The molecule has 1 fully saturated rings. The summed E-state index contributed by atoms with van der Waals surface area (Å²) in [6.45, 7) is 2.91. The molecule has 0 aliphatic carbocycles. The molecule has 8 heteroatoms. The van der Waals surface area contributed by atoms with E-state index < -0.39 is 0 Å². The molecular formula is C23H28N2O6. The van der Waals surface area contributed by atoms with Crippen LogP contribution in [0.1, 0.15) is 17.7 Å². The molecule has 0 bridgehead atoms. The van der Waals surface area contributed by atoms with Crippen LogP contribution in [0.3, 0.4) is 0 Å². The van der Waals surface area contributed by atoms with Gasteiger partial charge in [0.25, 0.3) is 5.56 Å². The third-order valence-corrected chi connectivity index (χ3v) is 5.34. The minimum absolute atomic E-state index is 0.111. The smallest absolute Gasteiger partial charge is 0.254 e. The number of hydrogen-bond acceptors (Lipinski definition) is 6. The Morgan fingerprint density at radius 2 is 1.74 bits per heavy atom. The van der Waals surface area contributed by atoms with Gasteiger partial charge in [0.05, 0.1) is 27.9 Å². The van der Waals surface area contributed by atoms with E-state index in [-0.39, 0.29) is 17.6 Å². The summed E-state index contributed by atoms with van der Waals surface area (Å²) in [6.07, 6.45) is 3.79. The molecule has 1 aliphatic heterocycles. The largest absolute Gasteiger partial charge is 0.493 e. The average Bonchev–Trinajstić information content (AvgIpc) is 3.23. The van der Waals surface area contributed by atoms with E-state index in [2.05, 4.69) is 0 Å². The number of methoxy groups -OCH3 is 3. The number of aryl methyl sites for hydroxylation is 1. The molecule has 1 amide bonds. The van der Waals surface area contributed by atoms with Crippen molar-refractivity contribution in [2.45, 2.75) is 19.4 Å². The zero-order valence-electron chi connectivity index (χ0n) is 18.5. The fourth-order valence-corrected chi connectivity index (χ4v) is 3.49. The van der Waals surface area contributed by atoms with Gasteiger partial charge in [-0.25, -0.2) is 0 Å². The Hall–Kier alpha value is -3.42. The molecule has 2 heterocycles. The van der Waals surface area contributed by atoms with Gasteiger partial charge in [0, 0.05) is 37.8 Å². The summed E-state index contributed by atoms with van der Waals surface area (Å²) in [5.41, 5.74) is 1.46. The van der Waals surface area contributed by atoms with Crippen molar-refractivity contribution in [3.8, 4) is 23.0 Å². The van der Waals surface area contributed by atoms with Crippen LogP contribution in [-0.4, -0.2) is 55.9 Å². The molecule has 3 rings (SSSR count). The molecule has 1 aromatic heterocycles. The highest BCUT2D eigenvalue weighted by Crippen LogP contribution is 2.38. The van der Waals surface area contributed by atoms with Gasteiger partial charge in [0.15, 0.2) is 11.5 Å². The molecule has 8 nitrogen and oxygen atoms in total. The van der Waals surface area contributed by atoms with E-state index in [1.165, 1.54) is 12.1 Å². The van der Waals surface area contributed by atoms with Crippen LogP contribution in [0.4, 0.5) is 0 Å². The number of pyridine rings is 1. The van der Waals surface area contributed by atoms with Crippen LogP contribution in [0.25, 0.3) is 6.08 Å². The second kappa shape index (κ2) is 9.59. The number of carbonyl (C=O) groups is 1. The van der Waals surface area contributed by atoms with Gasteiger partial charge in [-0.1, -0.05) is 0 Å². The number of aromatic nitrogens is 1. The first-order chi connectivity index (χ1) is 14.9. The maximum Gasteiger partial charge on any atom is 0.254 e. The van der Waals surface area contributed by atoms with Crippen molar-refractivity contribution < 1.29 is 23.7 Å². The second-order valence-corrected chi connectivity index (χ2v) is 7.33. The molecule has 1 saturated heterocycles. The zero-order valence-corrected chi connectivity index (χ0v) is 18.5. The van der Waals surface area contributed by atoms with Gasteiger partial charge < -0.3 is 28.4 Å². The van der Waals surface area contributed by atoms with Gasteiger partial charge in [-0.3, -0.25) is 9.59 Å². The van der Waals surface area contributed by atoms with Crippen molar-refractivity contribution in [1.82, 2.24) is 9.47 Å². The Morgan fingerprint density at radius 3 is 2.32 bits per heavy atom. The lowest BCUT2D eigenvalue weighted by Crippen LogP contribution is -2.29. The number of ether oxygens (including phenoxy) is 4. The molecule has 0 spiro atoms. The van der Waals surface area contributed by atoms with E-state index >= 15 is 0 Å². The van der Waals surface area contributed by atoms with Crippen LogP contribution < -0.4 is 24.5 Å². The monoisotopic (exact) mass is 428 g/mol. The Bertz CT molecular complexity index is 1020. The molecule has 2 aromatic rings. The predicted octanol–water partition coefficient (Wildman–Crippen LogP) is 2.41. The Kier molecular flexibility index (Phi) is 6.89. The zero-order chi connectivity index (χ0) is 22.5. The lowest BCUT2D eigenvalue weighted by Gasteiger charge is -2.16. The summed E-state index contributed by atoms with van der Waals surface area (Å²) in [7, 11) is 6.35. The number of likely N-dealkylation sites (tertiary alicyclic amines) is 1. The standard InChI is InChI=1S/C23H28N2O6/c1-15-10-18(13-22(27)24(15)2)31-17-8-9-25(14-17)21(26)7-6-16-11-19(28-3)23(30-5)20(12-16)29-4/h6-7,10-13,17H,8-9,14H2,1-5H3/b7-6+. The van der Waals surface area contributed by atoms with E-state index in [9.17, 15) is 9.59 Å². The summed E-state index contributed by atoms with van der Waals surface area (Å²) < 4.78 is 23.5. The highest BCUT2D eigenvalue weighted by Gasteiger charge is 2.26. The van der Waals surface area contributed by atoms with Crippen molar-refractivity contribution in [2.75, 3.05) is 34.4 Å². The number of hydrogen-bond donors (Lipinski definition) is 0. The van der Waals surface area contributed by atoms with Crippen LogP contribution >= 0.6 is 0 Å². The first-order valence-electron chi connectivity index (χ1n) is 9.97. The molecule has 0 saturated carbocycles. The number of carbonyl (C=O) groups excluding carboxylic acids is 1. The Labute approximate surface area is 181 Å². The third-order valence-electron chi connectivity index (χ3n) is 5.34. The van der Waals surface area contributed by atoms with Crippen molar-refractivity contribution in [2.24, 2.45) is 7.05 Å². The fourth-order valence-electron chi connectivity index (χ4n) is 3.49. The molecule has 1 atom stereocenters. The molecule has 1 aliphatic rings. The van der Waals surface area contributed by atoms with Gasteiger partial charge >= 0.3 is 0 Å². The molecule has 1 unspecified atom stereocenters. The summed E-state index contributed by atoms with van der Waals surface area (Å²) in [6, 6.07) is 6.86. The van der Waals surface area contributed by atoms with Gasteiger partial charge in [0.2, 0.25) is 11.7 Å². The average molecular weight is 428 g/mol. The maximum atomic E-state index is 12.6. The second-order valence-electron chi connectivity index (χ2n) is 7.33. The van der Waals surface area contributed by atoms with Crippen LogP contribution in [0.2, 0.25) is 0 Å². The van der Waals surface area contributed by atoms with E-state index in [0.29, 0.717) is 42.5 Å². The number of benzene rings is 1. The Morgan fingerprint density at radius 1 is 1.06 bits per heavy atom. The minimum atomic E-state index is -0.148.